The number of rotatable bonds is 5. The van der Waals surface area contributed by atoms with Gasteiger partial charge in [-0.25, -0.2) is 0 Å². The van der Waals surface area contributed by atoms with E-state index in [1.807, 2.05) is 43.3 Å². The molecule has 1 fully saturated rings. The first-order valence-electron chi connectivity index (χ1n) is 8.07. The zero-order valence-corrected chi connectivity index (χ0v) is 13.6. The molecule has 0 bridgehead atoms. The average molecular weight is 320 g/mol. The van der Waals surface area contributed by atoms with Crippen molar-refractivity contribution in [1.82, 2.24) is 0 Å². The molecule has 0 atom stereocenters. The molecule has 0 aliphatic heterocycles. The van der Waals surface area contributed by atoms with Crippen molar-refractivity contribution >= 4 is 29.3 Å². The van der Waals surface area contributed by atoms with E-state index in [4.69, 9.17) is 0 Å². The molecule has 4 heteroatoms. The highest BCUT2D eigenvalue weighted by atomic mass is 16.2. The van der Waals surface area contributed by atoms with Gasteiger partial charge in [0.05, 0.1) is 0 Å². The Labute approximate surface area is 141 Å². The van der Waals surface area contributed by atoms with E-state index in [-0.39, 0.29) is 17.7 Å². The van der Waals surface area contributed by atoms with E-state index in [9.17, 15) is 9.59 Å². The fourth-order valence-electron chi connectivity index (χ4n) is 2.39. The van der Waals surface area contributed by atoms with E-state index >= 15 is 0 Å². The van der Waals surface area contributed by atoms with Crippen molar-refractivity contribution in [3.63, 3.8) is 0 Å². The Bertz CT molecular complexity index is 792. The summed E-state index contributed by atoms with van der Waals surface area (Å²) in [6, 6.07) is 15.1. The van der Waals surface area contributed by atoms with Crippen molar-refractivity contribution in [2.24, 2.45) is 5.92 Å². The van der Waals surface area contributed by atoms with Gasteiger partial charge in [0.25, 0.3) is 0 Å². The second kappa shape index (κ2) is 7.13. The van der Waals surface area contributed by atoms with Gasteiger partial charge >= 0.3 is 0 Å². The summed E-state index contributed by atoms with van der Waals surface area (Å²) in [4.78, 5) is 23.8. The molecule has 2 aromatic carbocycles. The van der Waals surface area contributed by atoms with Gasteiger partial charge in [0.2, 0.25) is 11.8 Å². The zero-order valence-electron chi connectivity index (χ0n) is 13.6. The first-order chi connectivity index (χ1) is 11.6. The largest absolute Gasteiger partial charge is 0.326 e. The number of aryl methyl sites for hydroxylation is 1. The smallest absolute Gasteiger partial charge is 0.248 e. The first-order valence-corrected chi connectivity index (χ1v) is 8.07. The van der Waals surface area contributed by atoms with Gasteiger partial charge in [-0.05, 0) is 49.6 Å². The van der Waals surface area contributed by atoms with Gasteiger partial charge < -0.3 is 10.6 Å². The molecule has 0 unspecified atom stereocenters. The van der Waals surface area contributed by atoms with Crippen LogP contribution in [0.2, 0.25) is 0 Å². The molecule has 4 nitrogen and oxygen atoms in total. The minimum absolute atomic E-state index is 0.0535. The topological polar surface area (TPSA) is 58.2 Å². The summed E-state index contributed by atoms with van der Waals surface area (Å²) in [6.07, 6.45) is 5.21. The van der Waals surface area contributed by atoms with Crippen molar-refractivity contribution in [2.75, 3.05) is 10.6 Å². The lowest BCUT2D eigenvalue weighted by atomic mass is 10.1. The highest BCUT2D eigenvalue weighted by Gasteiger charge is 2.29. The lowest BCUT2D eigenvalue weighted by Gasteiger charge is -2.07. The Balaban J connectivity index is 1.60. The van der Waals surface area contributed by atoms with E-state index in [2.05, 4.69) is 10.6 Å². The third-order valence-corrected chi connectivity index (χ3v) is 3.82. The molecule has 1 aliphatic rings. The van der Waals surface area contributed by atoms with Gasteiger partial charge in [0, 0.05) is 23.4 Å². The number of hydrogen-bond acceptors (Lipinski definition) is 2. The second-order valence-corrected chi connectivity index (χ2v) is 6.08. The molecule has 0 radical (unpaired) electrons. The lowest BCUT2D eigenvalue weighted by molar-refractivity contribution is -0.117. The minimum atomic E-state index is -0.206. The third-order valence-electron chi connectivity index (χ3n) is 3.82. The van der Waals surface area contributed by atoms with Crippen molar-refractivity contribution < 1.29 is 9.59 Å². The zero-order chi connectivity index (χ0) is 16.9. The van der Waals surface area contributed by atoms with Crippen molar-refractivity contribution in [2.45, 2.75) is 19.8 Å². The summed E-state index contributed by atoms with van der Waals surface area (Å²) in [6.45, 7) is 2.01. The summed E-state index contributed by atoms with van der Waals surface area (Å²) < 4.78 is 0. The van der Waals surface area contributed by atoms with Crippen molar-refractivity contribution in [3.05, 3.63) is 65.7 Å². The van der Waals surface area contributed by atoms with E-state index in [0.717, 1.165) is 24.0 Å². The summed E-state index contributed by atoms with van der Waals surface area (Å²) in [5.74, 6) is 0.000468. The maximum atomic E-state index is 12.0. The van der Waals surface area contributed by atoms with E-state index < -0.39 is 0 Å². The Morgan fingerprint density at radius 1 is 1.00 bits per heavy atom. The number of carbonyl (C=O) groups excluding carboxylic acids is 2. The number of nitrogens with one attached hydrogen (secondary N) is 2. The molecule has 2 aromatic rings. The minimum Gasteiger partial charge on any atom is -0.326 e. The summed E-state index contributed by atoms with van der Waals surface area (Å²) in [5, 5.41) is 5.68. The number of carbonyl (C=O) groups is 2. The SMILES string of the molecule is Cc1cccc(/C=C/C(=O)Nc2cccc(NC(=O)C3CC3)c2)c1. The maximum absolute atomic E-state index is 12.0. The Morgan fingerprint density at radius 2 is 1.71 bits per heavy atom. The van der Waals surface area contributed by atoms with Crippen LogP contribution >= 0.6 is 0 Å². The molecular weight excluding hydrogens is 300 g/mol. The number of anilines is 2. The standard InChI is InChI=1S/C20H20N2O2/c1-14-4-2-5-15(12-14)8-11-19(23)21-17-6-3-7-18(13-17)22-20(24)16-9-10-16/h2-8,11-13,16H,9-10H2,1H3,(H,21,23)(H,22,24)/b11-8+. The molecule has 0 aromatic heterocycles. The van der Waals surface area contributed by atoms with Crippen LogP contribution in [0, 0.1) is 12.8 Å². The van der Waals surface area contributed by atoms with Crippen molar-refractivity contribution in [3.8, 4) is 0 Å². The van der Waals surface area contributed by atoms with Crippen LogP contribution in [-0.4, -0.2) is 11.8 Å². The first kappa shape index (κ1) is 16.0. The Morgan fingerprint density at radius 3 is 2.42 bits per heavy atom. The van der Waals surface area contributed by atoms with Gasteiger partial charge in [-0.2, -0.15) is 0 Å². The molecule has 24 heavy (non-hydrogen) atoms. The highest BCUT2D eigenvalue weighted by molar-refractivity contribution is 6.02. The summed E-state index contributed by atoms with van der Waals surface area (Å²) in [7, 11) is 0. The quantitative estimate of drug-likeness (QED) is 0.818. The lowest BCUT2D eigenvalue weighted by Crippen LogP contribution is -2.14. The van der Waals surface area contributed by atoms with Crippen LogP contribution in [0.25, 0.3) is 6.08 Å². The summed E-state index contributed by atoms with van der Waals surface area (Å²) in [5.41, 5.74) is 3.49. The van der Waals surface area contributed by atoms with Crippen LogP contribution in [0.4, 0.5) is 11.4 Å². The Hall–Kier alpha value is -2.88. The van der Waals surface area contributed by atoms with E-state index in [1.165, 1.54) is 6.08 Å². The Kier molecular flexibility index (Phi) is 4.75. The number of hydrogen-bond donors (Lipinski definition) is 2. The van der Waals surface area contributed by atoms with Gasteiger partial charge in [0.15, 0.2) is 0 Å². The molecule has 3 rings (SSSR count). The third kappa shape index (κ3) is 4.56. The molecular formula is C20H20N2O2. The van der Waals surface area contributed by atoms with Crippen LogP contribution in [-0.2, 0) is 9.59 Å². The van der Waals surface area contributed by atoms with Crippen molar-refractivity contribution in [1.29, 1.82) is 0 Å². The molecule has 0 saturated heterocycles. The molecule has 1 aliphatic carbocycles. The highest BCUT2D eigenvalue weighted by Crippen LogP contribution is 2.30. The number of amides is 2. The fourth-order valence-corrected chi connectivity index (χ4v) is 2.39. The second-order valence-electron chi connectivity index (χ2n) is 6.08. The average Bonchev–Trinajstić information content (AvgIpc) is 3.38. The van der Waals surface area contributed by atoms with Gasteiger partial charge in [-0.15, -0.1) is 0 Å². The van der Waals surface area contributed by atoms with Crippen LogP contribution in [0.1, 0.15) is 24.0 Å². The number of benzene rings is 2. The van der Waals surface area contributed by atoms with Crippen LogP contribution in [0.3, 0.4) is 0 Å². The molecule has 122 valence electrons. The molecule has 0 heterocycles. The van der Waals surface area contributed by atoms with Gasteiger partial charge in [-0.1, -0.05) is 35.9 Å². The van der Waals surface area contributed by atoms with E-state index in [1.54, 1.807) is 18.2 Å². The fraction of sp³-hybridized carbons (Fsp3) is 0.200. The predicted octanol–water partition coefficient (Wildman–Crippen LogP) is 4.00. The molecule has 2 amide bonds. The van der Waals surface area contributed by atoms with Crippen LogP contribution in [0.5, 0.6) is 0 Å². The molecule has 0 spiro atoms. The summed E-state index contributed by atoms with van der Waals surface area (Å²) >= 11 is 0. The normalized spacial score (nSPS) is 13.7. The van der Waals surface area contributed by atoms with Gasteiger partial charge in [-0.3, -0.25) is 9.59 Å². The molecule has 2 N–H and O–H groups in total. The molecule has 1 saturated carbocycles. The van der Waals surface area contributed by atoms with Gasteiger partial charge in [0.1, 0.15) is 0 Å². The van der Waals surface area contributed by atoms with Crippen LogP contribution in [0.15, 0.2) is 54.6 Å². The monoisotopic (exact) mass is 320 g/mol. The predicted molar refractivity (Wildman–Crippen MR) is 96.6 cm³/mol. The van der Waals surface area contributed by atoms with E-state index in [0.29, 0.717) is 11.4 Å². The van der Waals surface area contributed by atoms with Crippen LogP contribution < -0.4 is 10.6 Å². The maximum Gasteiger partial charge on any atom is 0.248 e.